The lowest BCUT2D eigenvalue weighted by Gasteiger charge is -2.21. The molecule has 2 aromatic heterocycles. The highest BCUT2D eigenvalue weighted by Crippen LogP contribution is 2.32. The quantitative estimate of drug-likeness (QED) is 0.576. The van der Waals surface area contributed by atoms with Gasteiger partial charge in [0.2, 0.25) is 0 Å². The molecule has 0 radical (unpaired) electrons. The summed E-state index contributed by atoms with van der Waals surface area (Å²) in [6, 6.07) is 10.0. The zero-order valence-corrected chi connectivity index (χ0v) is 15.8. The first kappa shape index (κ1) is 19.8. The molecule has 1 atom stereocenters. The molecule has 9 heteroatoms. The Kier molecular flexibility index (Phi) is 5.93. The maximum atomic E-state index is 12.9. The van der Waals surface area contributed by atoms with Crippen LogP contribution < -0.4 is 10.6 Å². The molecule has 0 aliphatic rings. The van der Waals surface area contributed by atoms with Gasteiger partial charge < -0.3 is 10.6 Å². The molecule has 1 aromatic carbocycles. The number of aromatic nitrogens is 2. The van der Waals surface area contributed by atoms with E-state index in [4.69, 9.17) is 0 Å². The lowest BCUT2D eigenvalue weighted by atomic mass is 10.0. The molecule has 0 spiro atoms. The Labute approximate surface area is 167 Å². The van der Waals surface area contributed by atoms with Crippen LogP contribution in [0.2, 0.25) is 0 Å². The molecule has 0 aliphatic heterocycles. The molecule has 28 heavy (non-hydrogen) atoms. The first-order chi connectivity index (χ1) is 13.3. The molecule has 3 rings (SSSR count). The summed E-state index contributed by atoms with van der Waals surface area (Å²) in [6.07, 6.45) is 0.144. The van der Waals surface area contributed by atoms with Crippen LogP contribution in [0.15, 0.2) is 71.6 Å². The summed E-state index contributed by atoms with van der Waals surface area (Å²) >= 11 is 3.37. The Balaban J connectivity index is 1.90. The van der Waals surface area contributed by atoms with Crippen molar-refractivity contribution in [2.24, 2.45) is 0 Å². The number of hydrogen-bond acceptors (Lipinski definition) is 3. The largest absolute Gasteiger partial charge is 0.416 e. The number of anilines is 1. The number of halogens is 4. The van der Waals surface area contributed by atoms with E-state index in [1.807, 2.05) is 0 Å². The minimum Gasteiger partial charge on any atom is -0.325 e. The second-order valence-electron chi connectivity index (χ2n) is 5.76. The van der Waals surface area contributed by atoms with Crippen LogP contribution in [-0.2, 0) is 6.18 Å². The number of benzene rings is 1. The van der Waals surface area contributed by atoms with Crippen molar-refractivity contribution in [3.8, 4) is 0 Å². The zero-order valence-electron chi connectivity index (χ0n) is 14.2. The molecule has 0 fully saturated rings. The molecule has 0 bridgehead atoms. The normalized spacial score (nSPS) is 12.3. The van der Waals surface area contributed by atoms with Gasteiger partial charge in [0.05, 0.1) is 29.2 Å². The average Bonchev–Trinajstić information content (AvgIpc) is 2.67. The van der Waals surface area contributed by atoms with Crippen LogP contribution in [0.4, 0.5) is 23.7 Å². The van der Waals surface area contributed by atoms with E-state index in [2.05, 4.69) is 36.5 Å². The Morgan fingerprint density at radius 2 is 1.75 bits per heavy atom. The third kappa shape index (κ3) is 4.86. The van der Waals surface area contributed by atoms with E-state index in [-0.39, 0.29) is 0 Å². The topological polar surface area (TPSA) is 66.9 Å². The number of hydrogen-bond donors (Lipinski definition) is 2. The van der Waals surface area contributed by atoms with Crippen LogP contribution in [0, 0.1) is 0 Å². The van der Waals surface area contributed by atoms with Gasteiger partial charge in [-0.1, -0.05) is 12.1 Å². The van der Waals surface area contributed by atoms with Crippen molar-refractivity contribution in [1.29, 1.82) is 0 Å². The molecule has 2 amide bonds. The summed E-state index contributed by atoms with van der Waals surface area (Å²) in [7, 11) is 0. The van der Waals surface area contributed by atoms with Gasteiger partial charge in [0.25, 0.3) is 0 Å². The first-order valence-corrected chi connectivity index (χ1v) is 8.89. The molecule has 0 aliphatic carbocycles. The summed E-state index contributed by atoms with van der Waals surface area (Å²) in [4.78, 5) is 20.6. The fraction of sp³-hybridized carbons (Fsp3) is 0.105. The molecular formula is C19H14BrF3N4O. The maximum Gasteiger partial charge on any atom is 0.416 e. The van der Waals surface area contributed by atoms with Gasteiger partial charge in [0.1, 0.15) is 0 Å². The highest BCUT2D eigenvalue weighted by molar-refractivity contribution is 9.10. The molecule has 3 aromatic rings. The van der Waals surface area contributed by atoms with Gasteiger partial charge in [-0.25, -0.2) is 4.79 Å². The number of nitrogens with one attached hydrogen (secondary N) is 2. The number of nitrogens with zero attached hydrogens (tertiary/aromatic N) is 2. The minimum atomic E-state index is -4.44. The maximum absolute atomic E-state index is 12.9. The Morgan fingerprint density at radius 1 is 1.04 bits per heavy atom. The Hall–Kier alpha value is -2.94. The standard InChI is InChI=1S/C19H14BrF3N4O/c20-15-4-2-10-25-17(15)16(12-5-7-13(8-6-12)19(21,22)23)27-18(28)26-14-3-1-9-24-11-14/h1-11,16H,(H2,26,27,28)/t16-/m0/s1. The van der Waals surface area contributed by atoms with Crippen molar-refractivity contribution in [3.63, 3.8) is 0 Å². The predicted molar refractivity (Wildman–Crippen MR) is 102 cm³/mol. The Morgan fingerprint density at radius 3 is 2.36 bits per heavy atom. The Bertz CT molecular complexity index is 949. The molecule has 0 unspecified atom stereocenters. The first-order valence-electron chi connectivity index (χ1n) is 8.10. The van der Waals surface area contributed by atoms with Crippen LogP contribution >= 0.6 is 15.9 Å². The molecule has 144 valence electrons. The smallest absolute Gasteiger partial charge is 0.325 e. The van der Waals surface area contributed by atoms with Gasteiger partial charge in [0.15, 0.2) is 0 Å². The summed E-state index contributed by atoms with van der Waals surface area (Å²) in [5.74, 6) is 0. The lowest BCUT2D eigenvalue weighted by molar-refractivity contribution is -0.137. The van der Waals surface area contributed by atoms with Gasteiger partial charge in [0, 0.05) is 16.9 Å². The van der Waals surface area contributed by atoms with Crippen LogP contribution in [0.1, 0.15) is 22.9 Å². The van der Waals surface area contributed by atoms with Gasteiger partial charge in [-0.3, -0.25) is 9.97 Å². The molecule has 5 nitrogen and oxygen atoms in total. The predicted octanol–water partition coefficient (Wildman–Crippen LogP) is 5.17. The molecule has 2 N–H and O–H groups in total. The monoisotopic (exact) mass is 450 g/mol. The third-order valence-corrected chi connectivity index (χ3v) is 4.50. The number of carbonyl (C=O) groups is 1. The number of rotatable bonds is 4. The van der Waals surface area contributed by atoms with Crippen LogP contribution in [0.3, 0.4) is 0 Å². The van der Waals surface area contributed by atoms with Gasteiger partial charge >= 0.3 is 12.2 Å². The number of urea groups is 1. The number of pyridine rings is 2. The van der Waals surface area contributed by atoms with E-state index >= 15 is 0 Å². The van der Waals surface area contributed by atoms with E-state index in [1.165, 1.54) is 24.5 Å². The average molecular weight is 451 g/mol. The third-order valence-electron chi connectivity index (χ3n) is 3.83. The van der Waals surface area contributed by atoms with Gasteiger partial charge in [-0.15, -0.1) is 0 Å². The minimum absolute atomic E-state index is 0.453. The van der Waals surface area contributed by atoms with Crippen LogP contribution in [0.5, 0.6) is 0 Å². The number of alkyl halides is 3. The van der Waals surface area contributed by atoms with Crippen molar-refractivity contribution >= 4 is 27.6 Å². The van der Waals surface area contributed by atoms with Crippen LogP contribution in [-0.4, -0.2) is 16.0 Å². The molecule has 2 heterocycles. The highest BCUT2D eigenvalue weighted by Gasteiger charge is 2.30. The lowest BCUT2D eigenvalue weighted by Crippen LogP contribution is -2.34. The van der Waals surface area contributed by atoms with E-state index in [9.17, 15) is 18.0 Å². The summed E-state index contributed by atoms with van der Waals surface area (Å²) in [6.45, 7) is 0. The van der Waals surface area contributed by atoms with Crippen molar-refractivity contribution < 1.29 is 18.0 Å². The molecular weight excluding hydrogens is 437 g/mol. The highest BCUT2D eigenvalue weighted by atomic mass is 79.9. The van der Waals surface area contributed by atoms with Crippen molar-refractivity contribution in [3.05, 3.63) is 88.4 Å². The molecule has 0 saturated carbocycles. The van der Waals surface area contributed by atoms with Crippen molar-refractivity contribution in [1.82, 2.24) is 15.3 Å². The van der Waals surface area contributed by atoms with E-state index in [0.29, 0.717) is 21.4 Å². The number of amides is 2. The summed E-state index contributed by atoms with van der Waals surface area (Å²) < 4.78 is 39.2. The van der Waals surface area contributed by atoms with E-state index in [0.717, 1.165) is 12.1 Å². The fourth-order valence-corrected chi connectivity index (χ4v) is 3.00. The second-order valence-corrected chi connectivity index (χ2v) is 6.62. The van der Waals surface area contributed by atoms with Crippen LogP contribution in [0.25, 0.3) is 0 Å². The van der Waals surface area contributed by atoms with Crippen molar-refractivity contribution in [2.75, 3.05) is 5.32 Å². The van der Waals surface area contributed by atoms with E-state index in [1.54, 1.807) is 30.5 Å². The fourth-order valence-electron chi connectivity index (χ4n) is 2.52. The van der Waals surface area contributed by atoms with Gasteiger partial charge in [-0.2, -0.15) is 13.2 Å². The van der Waals surface area contributed by atoms with Gasteiger partial charge in [-0.05, 0) is 57.9 Å². The second kappa shape index (κ2) is 8.39. The molecule has 0 saturated heterocycles. The van der Waals surface area contributed by atoms with E-state index < -0.39 is 23.8 Å². The summed E-state index contributed by atoms with van der Waals surface area (Å²) in [5, 5.41) is 5.38. The SMILES string of the molecule is O=C(Nc1cccnc1)N[C@@H](c1ccc(C(F)(F)F)cc1)c1ncccc1Br. The zero-order chi connectivity index (χ0) is 20.1. The summed E-state index contributed by atoms with van der Waals surface area (Å²) in [5.41, 5.74) is 0.624. The van der Waals surface area contributed by atoms with Crippen molar-refractivity contribution in [2.45, 2.75) is 12.2 Å². The number of carbonyl (C=O) groups excluding carboxylic acids is 1.